The number of ketones is 1. The van der Waals surface area contributed by atoms with Gasteiger partial charge in [0.2, 0.25) is 0 Å². The maximum absolute atomic E-state index is 13.7. The summed E-state index contributed by atoms with van der Waals surface area (Å²) >= 11 is 0. The lowest BCUT2D eigenvalue weighted by Gasteiger charge is -2.07. The van der Waals surface area contributed by atoms with Gasteiger partial charge in [-0.2, -0.15) is 0 Å². The number of aryl methyl sites for hydroxylation is 3. The van der Waals surface area contributed by atoms with Crippen molar-refractivity contribution in [1.29, 1.82) is 0 Å². The highest BCUT2D eigenvalue weighted by atomic mass is 19.1. The molecule has 1 heterocycles. The quantitative estimate of drug-likeness (QED) is 0.757. The highest BCUT2D eigenvalue weighted by Crippen LogP contribution is 2.17. The molecule has 0 aliphatic carbocycles. The Morgan fingerprint density at radius 3 is 2.44 bits per heavy atom. The smallest absolute Gasteiger partial charge is 0.197 e. The van der Waals surface area contributed by atoms with Crippen LogP contribution in [0.3, 0.4) is 0 Å². The van der Waals surface area contributed by atoms with E-state index in [0.717, 1.165) is 11.3 Å². The lowest BCUT2D eigenvalue weighted by atomic mass is 10.00. The van der Waals surface area contributed by atoms with E-state index in [0.29, 0.717) is 11.3 Å². The molecule has 1 aromatic heterocycles. The third-order valence-electron chi connectivity index (χ3n) is 2.84. The van der Waals surface area contributed by atoms with Gasteiger partial charge < -0.3 is 0 Å². The number of pyridine rings is 1. The topological polar surface area (TPSA) is 30.0 Å². The van der Waals surface area contributed by atoms with E-state index < -0.39 is 5.82 Å². The molecule has 2 aromatic rings. The summed E-state index contributed by atoms with van der Waals surface area (Å²) in [7, 11) is 0. The SMILES string of the molecule is Cc1ccc(F)c(C(=O)c2ccc(C)nc2C)c1. The van der Waals surface area contributed by atoms with Crippen molar-refractivity contribution >= 4 is 5.78 Å². The number of nitrogens with zero attached hydrogens (tertiary/aromatic N) is 1. The van der Waals surface area contributed by atoms with E-state index in [4.69, 9.17) is 0 Å². The Morgan fingerprint density at radius 1 is 1.06 bits per heavy atom. The second-order valence-electron chi connectivity index (χ2n) is 4.40. The van der Waals surface area contributed by atoms with Crippen LogP contribution in [0, 0.1) is 26.6 Å². The minimum atomic E-state index is -0.495. The molecule has 0 aliphatic heterocycles. The van der Waals surface area contributed by atoms with Gasteiger partial charge in [0, 0.05) is 17.0 Å². The number of halogens is 1. The molecule has 0 unspecified atom stereocenters. The summed E-state index contributed by atoms with van der Waals surface area (Å²) in [6, 6.07) is 7.98. The van der Waals surface area contributed by atoms with Gasteiger partial charge in [-0.05, 0) is 45.0 Å². The minimum absolute atomic E-state index is 0.101. The molecular weight excluding hydrogens is 229 g/mol. The monoisotopic (exact) mass is 243 g/mol. The van der Waals surface area contributed by atoms with Gasteiger partial charge in [0.15, 0.2) is 5.78 Å². The number of hydrogen-bond donors (Lipinski definition) is 0. The van der Waals surface area contributed by atoms with Gasteiger partial charge >= 0.3 is 0 Å². The van der Waals surface area contributed by atoms with Crippen LogP contribution in [0.5, 0.6) is 0 Å². The van der Waals surface area contributed by atoms with Gasteiger partial charge in [0.1, 0.15) is 5.82 Å². The van der Waals surface area contributed by atoms with E-state index >= 15 is 0 Å². The molecule has 92 valence electrons. The zero-order valence-electron chi connectivity index (χ0n) is 10.6. The molecule has 0 N–H and O–H groups in total. The van der Waals surface area contributed by atoms with Crippen molar-refractivity contribution in [3.63, 3.8) is 0 Å². The van der Waals surface area contributed by atoms with Gasteiger partial charge in [-0.15, -0.1) is 0 Å². The molecule has 0 saturated heterocycles. The Hall–Kier alpha value is -2.03. The second kappa shape index (κ2) is 4.69. The Labute approximate surface area is 105 Å². The largest absolute Gasteiger partial charge is 0.288 e. The molecule has 0 amide bonds. The first-order valence-electron chi connectivity index (χ1n) is 5.74. The van der Waals surface area contributed by atoms with Crippen LogP contribution in [0.2, 0.25) is 0 Å². The molecular formula is C15H14FNO. The predicted molar refractivity (Wildman–Crippen MR) is 68.3 cm³/mol. The zero-order chi connectivity index (χ0) is 13.3. The third-order valence-corrected chi connectivity index (χ3v) is 2.84. The van der Waals surface area contributed by atoms with Gasteiger partial charge in [-0.25, -0.2) is 4.39 Å². The average molecular weight is 243 g/mol. The fraction of sp³-hybridized carbons (Fsp3) is 0.200. The molecule has 0 fully saturated rings. The fourth-order valence-electron chi connectivity index (χ4n) is 1.88. The Morgan fingerprint density at radius 2 is 1.78 bits per heavy atom. The number of aromatic nitrogens is 1. The van der Waals surface area contributed by atoms with Crippen LogP contribution in [0.4, 0.5) is 4.39 Å². The van der Waals surface area contributed by atoms with Crippen LogP contribution in [-0.4, -0.2) is 10.8 Å². The molecule has 2 nitrogen and oxygen atoms in total. The maximum atomic E-state index is 13.7. The van der Waals surface area contributed by atoms with Crippen molar-refractivity contribution in [2.75, 3.05) is 0 Å². The molecule has 0 saturated carbocycles. The van der Waals surface area contributed by atoms with E-state index in [2.05, 4.69) is 4.98 Å². The van der Waals surface area contributed by atoms with Crippen molar-refractivity contribution in [1.82, 2.24) is 4.98 Å². The Bertz CT molecular complexity index is 620. The third kappa shape index (κ3) is 2.30. The van der Waals surface area contributed by atoms with Crippen LogP contribution < -0.4 is 0 Å². The number of hydrogen-bond acceptors (Lipinski definition) is 2. The van der Waals surface area contributed by atoms with Crippen molar-refractivity contribution in [2.24, 2.45) is 0 Å². The molecule has 2 rings (SSSR count). The van der Waals surface area contributed by atoms with Gasteiger partial charge in [-0.1, -0.05) is 11.6 Å². The van der Waals surface area contributed by atoms with Crippen molar-refractivity contribution in [2.45, 2.75) is 20.8 Å². The molecule has 3 heteroatoms. The predicted octanol–water partition coefficient (Wildman–Crippen LogP) is 3.38. The summed E-state index contributed by atoms with van der Waals surface area (Å²) in [5.74, 6) is -0.813. The molecule has 1 aromatic carbocycles. The maximum Gasteiger partial charge on any atom is 0.197 e. The van der Waals surface area contributed by atoms with Gasteiger partial charge in [0.05, 0.1) is 5.56 Å². The second-order valence-corrected chi connectivity index (χ2v) is 4.40. The van der Waals surface area contributed by atoms with Gasteiger partial charge in [0.25, 0.3) is 0 Å². The van der Waals surface area contributed by atoms with E-state index in [1.54, 1.807) is 31.2 Å². The number of benzene rings is 1. The average Bonchev–Trinajstić information content (AvgIpc) is 2.31. The van der Waals surface area contributed by atoms with E-state index in [1.807, 2.05) is 13.8 Å². The summed E-state index contributed by atoms with van der Waals surface area (Å²) in [5.41, 5.74) is 2.88. The lowest BCUT2D eigenvalue weighted by molar-refractivity contribution is 0.103. The molecule has 0 spiro atoms. The van der Waals surface area contributed by atoms with Crippen molar-refractivity contribution in [3.05, 3.63) is 64.2 Å². The van der Waals surface area contributed by atoms with Crippen molar-refractivity contribution in [3.8, 4) is 0 Å². The first kappa shape index (κ1) is 12.4. The number of carbonyl (C=O) groups excluding carboxylic acids is 1. The summed E-state index contributed by atoms with van der Waals surface area (Å²) in [6.45, 7) is 5.44. The van der Waals surface area contributed by atoms with Crippen LogP contribution in [0.15, 0.2) is 30.3 Å². The minimum Gasteiger partial charge on any atom is -0.288 e. The van der Waals surface area contributed by atoms with E-state index in [-0.39, 0.29) is 11.3 Å². The van der Waals surface area contributed by atoms with Crippen LogP contribution in [0.1, 0.15) is 32.9 Å². The summed E-state index contributed by atoms with van der Waals surface area (Å²) in [4.78, 5) is 16.5. The summed E-state index contributed by atoms with van der Waals surface area (Å²) in [6.07, 6.45) is 0. The molecule has 18 heavy (non-hydrogen) atoms. The molecule has 0 bridgehead atoms. The first-order valence-corrected chi connectivity index (χ1v) is 5.74. The zero-order valence-corrected chi connectivity index (χ0v) is 10.6. The summed E-state index contributed by atoms with van der Waals surface area (Å²) < 4.78 is 13.7. The fourth-order valence-corrected chi connectivity index (χ4v) is 1.88. The van der Waals surface area contributed by atoms with E-state index in [9.17, 15) is 9.18 Å². The Kier molecular flexibility index (Phi) is 3.24. The molecule has 0 aliphatic rings. The first-order chi connectivity index (χ1) is 8.49. The molecule has 0 atom stereocenters. The summed E-state index contributed by atoms with van der Waals surface area (Å²) in [5, 5.41) is 0. The normalized spacial score (nSPS) is 10.4. The van der Waals surface area contributed by atoms with Crippen LogP contribution >= 0.6 is 0 Å². The number of rotatable bonds is 2. The van der Waals surface area contributed by atoms with Gasteiger partial charge in [-0.3, -0.25) is 9.78 Å². The van der Waals surface area contributed by atoms with E-state index in [1.165, 1.54) is 6.07 Å². The number of carbonyl (C=O) groups is 1. The lowest BCUT2D eigenvalue weighted by Crippen LogP contribution is -2.08. The molecule has 0 radical (unpaired) electrons. The van der Waals surface area contributed by atoms with Crippen LogP contribution in [0.25, 0.3) is 0 Å². The Balaban J connectivity index is 2.51. The highest BCUT2D eigenvalue weighted by molar-refractivity contribution is 6.09. The van der Waals surface area contributed by atoms with Crippen molar-refractivity contribution < 1.29 is 9.18 Å². The standard InChI is InChI=1S/C15H14FNO/c1-9-4-7-14(16)13(8-9)15(18)12-6-5-10(2)17-11(12)3/h4-8H,1-3H3. The highest BCUT2D eigenvalue weighted by Gasteiger charge is 2.16. The van der Waals surface area contributed by atoms with Crippen LogP contribution in [-0.2, 0) is 0 Å².